The number of carbonyl (C=O) groups excluding carboxylic acids is 1. The standard InChI is InChI=1S/C15H14N2OS/c1-10-5-7-12(8-6-10)17-11(2)19-14-13(15(17)18)4-3-9-16-14/h3-9,11H,1-2H3. The number of hydrogen-bond acceptors (Lipinski definition) is 3. The second-order valence-corrected chi connectivity index (χ2v) is 5.89. The lowest BCUT2D eigenvalue weighted by atomic mass is 10.2. The summed E-state index contributed by atoms with van der Waals surface area (Å²) in [5, 5.41) is 0.876. The van der Waals surface area contributed by atoms with E-state index in [2.05, 4.69) is 4.98 Å². The number of benzene rings is 1. The molecule has 0 saturated carbocycles. The third-order valence-corrected chi connectivity index (χ3v) is 4.28. The van der Waals surface area contributed by atoms with Gasteiger partial charge in [-0.05, 0) is 38.1 Å². The second kappa shape index (κ2) is 4.70. The number of anilines is 1. The summed E-state index contributed by atoms with van der Waals surface area (Å²) in [6.45, 7) is 4.07. The Labute approximate surface area is 116 Å². The van der Waals surface area contributed by atoms with Gasteiger partial charge in [0.2, 0.25) is 0 Å². The van der Waals surface area contributed by atoms with Crippen LogP contribution in [0.25, 0.3) is 0 Å². The highest BCUT2D eigenvalue weighted by molar-refractivity contribution is 8.00. The van der Waals surface area contributed by atoms with Gasteiger partial charge in [0.15, 0.2) is 0 Å². The molecule has 1 aromatic carbocycles. The van der Waals surface area contributed by atoms with Gasteiger partial charge >= 0.3 is 0 Å². The summed E-state index contributed by atoms with van der Waals surface area (Å²) in [5.41, 5.74) is 2.81. The number of pyridine rings is 1. The van der Waals surface area contributed by atoms with E-state index in [0.717, 1.165) is 10.7 Å². The summed E-state index contributed by atoms with van der Waals surface area (Å²) in [5.74, 6) is 0.0261. The van der Waals surface area contributed by atoms with Crippen LogP contribution < -0.4 is 4.90 Å². The number of rotatable bonds is 1. The maximum atomic E-state index is 12.6. The molecule has 1 unspecified atom stereocenters. The Morgan fingerprint density at radius 2 is 1.95 bits per heavy atom. The summed E-state index contributed by atoms with van der Waals surface area (Å²) >= 11 is 1.62. The number of carbonyl (C=O) groups is 1. The van der Waals surface area contributed by atoms with Gasteiger partial charge in [-0.2, -0.15) is 0 Å². The Balaban J connectivity index is 2.04. The molecule has 1 aromatic heterocycles. The molecule has 0 spiro atoms. The maximum absolute atomic E-state index is 12.6. The van der Waals surface area contributed by atoms with Crippen molar-refractivity contribution in [2.75, 3.05) is 4.90 Å². The fourth-order valence-corrected chi connectivity index (χ4v) is 3.24. The highest BCUT2D eigenvalue weighted by Crippen LogP contribution is 2.36. The molecule has 1 aliphatic heterocycles. The van der Waals surface area contributed by atoms with Crippen molar-refractivity contribution in [3.05, 3.63) is 53.7 Å². The van der Waals surface area contributed by atoms with Crippen molar-refractivity contribution in [2.45, 2.75) is 24.2 Å². The predicted octanol–water partition coefficient (Wildman–Crippen LogP) is 3.49. The van der Waals surface area contributed by atoms with E-state index in [4.69, 9.17) is 0 Å². The van der Waals surface area contributed by atoms with Gasteiger partial charge in [-0.25, -0.2) is 4.98 Å². The third-order valence-electron chi connectivity index (χ3n) is 3.18. The Morgan fingerprint density at radius 3 is 2.68 bits per heavy atom. The molecule has 3 rings (SSSR count). The number of fused-ring (bicyclic) bond motifs is 1. The number of amides is 1. The molecule has 0 fully saturated rings. The van der Waals surface area contributed by atoms with Gasteiger partial charge in [0.1, 0.15) is 5.03 Å². The smallest absolute Gasteiger partial charge is 0.261 e. The van der Waals surface area contributed by atoms with Crippen LogP contribution in [0.15, 0.2) is 47.6 Å². The predicted molar refractivity (Wildman–Crippen MR) is 77.5 cm³/mol. The lowest BCUT2D eigenvalue weighted by Crippen LogP contribution is -2.40. The minimum atomic E-state index is 0.0261. The van der Waals surface area contributed by atoms with E-state index in [9.17, 15) is 4.79 Å². The van der Waals surface area contributed by atoms with Gasteiger partial charge < -0.3 is 0 Å². The molecule has 96 valence electrons. The average molecular weight is 270 g/mol. The van der Waals surface area contributed by atoms with Crippen molar-refractivity contribution in [2.24, 2.45) is 0 Å². The highest BCUT2D eigenvalue weighted by atomic mass is 32.2. The first-order chi connectivity index (χ1) is 9.16. The van der Waals surface area contributed by atoms with E-state index in [0.29, 0.717) is 5.56 Å². The fourth-order valence-electron chi connectivity index (χ4n) is 2.19. The quantitative estimate of drug-likeness (QED) is 0.795. The molecule has 0 radical (unpaired) electrons. The lowest BCUT2D eigenvalue weighted by molar-refractivity contribution is 0.0979. The molecule has 0 aliphatic carbocycles. The van der Waals surface area contributed by atoms with Crippen molar-refractivity contribution in [3.63, 3.8) is 0 Å². The summed E-state index contributed by atoms with van der Waals surface area (Å²) in [7, 11) is 0. The van der Waals surface area contributed by atoms with Crippen molar-refractivity contribution >= 4 is 23.4 Å². The second-order valence-electron chi connectivity index (χ2n) is 4.58. The van der Waals surface area contributed by atoms with Gasteiger partial charge in [-0.1, -0.05) is 29.5 Å². The highest BCUT2D eigenvalue weighted by Gasteiger charge is 2.31. The molecule has 3 nitrogen and oxygen atoms in total. The minimum Gasteiger partial charge on any atom is -0.296 e. The Bertz CT molecular complexity index is 624. The zero-order valence-corrected chi connectivity index (χ0v) is 11.6. The molecule has 19 heavy (non-hydrogen) atoms. The number of aryl methyl sites for hydroxylation is 1. The van der Waals surface area contributed by atoms with Crippen LogP contribution in [0.2, 0.25) is 0 Å². The maximum Gasteiger partial charge on any atom is 0.261 e. The van der Waals surface area contributed by atoms with E-state index < -0.39 is 0 Å². The van der Waals surface area contributed by atoms with Crippen LogP contribution in [0.3, 0.4) is 0 Å². The zero-order valence-electron chi connectivity index (χ0n) is 10.8. The Hall–Kier alpha value is -1.81. The first-order valence-corrected chi connectivity index (χ1v) is 7.06. The summed E-state index contributed by atoms with van der Waals surface area (Å²) < 4.78 is 0. The average Bonchev–Trinajstić information content (AvgIpc) is 2.41. The molecule has 1 atom stereocenters. The molecule has 1 aliphatic rings. The van der Waals surface area contributed by atoms with E-state index in [-0.39, 0.29) is 11.3 Å². The van der Waals surface area contributed by atoms with Crippen LogP contribution in [-0.2, 0) is 0 Å². The van der Waals surface area contributed by atoms with E-state index >= 15 is 0 Å². The van der Waals surface area contributed by atoms with Crippen LogP contribution in [-0.4, -0.2) is 16.3 Å². The molecule has 0 N–H and O–H groups in total. The molecular formula is C15H14N2OS. The molecular weight excluding hydrogens is 256 g/mol. The SMILES string of the molecule is Cc1ccc(N2C(=O)c3cccnc3SC2C)cc1. The Kier molecular flexibility index (Phi) is 3.03. The van der Waals surface area contributed by atoms with Crippen LogP contribution in [0.4, 0.5) is 5.69 Å². The monoisotopic (exact) mass is 270 g/mol. The van der Waals surface area contributed by atoms with Gasteiger partial charge in [-0.3, -0.25) is 9.69 Å². The van der Waals surface area contributed by atoms with E-state index in [1.165, 1.54) is 5.56 Å². The molecule has 0 saturated heterocycles. The normalized spacial score (nSPS) is 18.3. The van der Waals surface area contributed by atoms with Crippen molar-refractivity contribution < 1.29 is 4.79 Å². The van der Waals surface area contributed by atoms with Crippen LogP contribution in [0.5, 0.6) is 0 Å². The molecule has 0 bridgehead atoms. The lowest BCUT2D eigenvalue weighted by Gasteiger charge is -2.33. The molecule has 1 amide bonds. The van der Waals surface area contributed by atoms with Gasteiger partial charge in [0, 0.05) is 11.9 Å². The molecule has 2 heterocycles. The molecule has 4 heteroatoms. The minimum absolute atomic E-state index is 0.0261. The summed E-state index contributed by atoms with van der Waals surface area (Å²) in [6, 6.07) is 11.7. The van der Waals surface area contributed by atoms with Crippen LogP contribution in [0, 0.1) is 6.92 Å². The number of thioether (sulfide) groups is 1. The largest absolute Gasteiger partial charge is 0.296 e. The zero-order chi connectivity index (χ0) is 13.4. The summed E-state index contributed by atoms with van der Waals surface area (Å²) in [4.78, 5) is 18.7. The Morgan fingerprint density at radius 1 is 1.21 bits per heavy atom. The van der Waals surface area contributed by atoms with Crippen LogP contribution >= 0.6 is 11.8 Å². The van der Waals surface area contributed by atoms with Crippen LogP contribution in [0.1, 0.15) is 22.8 Å². The van der Waals surface area contributed by atoms with Gasteiger partial charge in [0.25, 0.3) is 5.91 Å². The first kappa shape index (κ1) is 12.2. The van der Waals surface area contributed by atoms with Gasteiger partial charge in [0.05, 0.1) is 10.9 Å². The first-order valence-electron chi connectivity index (χ1n) is 6.19. The number of nitrogens with zero attached hydrogens (tertiary/aromatic N) is 2. The van der Waals surface area contributed by atoms with E-state index in [1.54, 1.807) is 24.0 Å². The number of hydrogen-bond donors (Lipinski definition) is 0. The van der Waals surface area contributed by atoms with Crippen molar-refractivity contribution in [3.8, 4) is 0 Å². The van der Waals surface area contributed by atoms with Crippen molar-refractivity contribution in [1.29, 1.82) is 0 Å². The topological polar surface area (TPSA) is 33.2 Å². The summed E-state index contributed by atoms with van der Waals surface area (Å²) in [6.07, 6.45) is 1.73. The molecule has 2 aromatic rings. The third kappa shape index (κ3) is 2.12. The van der Waals surface area contributed by atoms with Crippen molar-refractivity contribution in [1.82, 2.24) is 4.98 Å². The van der Waals surface area contributed by atoms with E-state index in [1.807, 2.05) is 49.1 Å². The fraction of sp³-hybridized carbons (Fsp3) is 0.200. The number of aromatic nitrogens is 1. The van der Waals surface area contributed by atoms with Gasteiger partial charge in [-0.15, -0.1) is 0 Å².